The first-order valence-electron chi connectivity index (χ1n) is 15.5. The van der Waals surface area contributed by atoms with Crippen LogP contribution < -0.4 is 0 Å². The van der Waals surface area contributed by atoms with E-state index in [1.54, 1.807) is 0 Å². The number of hydrogen-bond donors (Lipinski definition) is 0. The molecule has 0 saturated heterocycles. The van der Waals surface area contributed by atoms with Gasteiger partial charge in [-0.15, -0.1) is 0 Å². The molecule has 0 aromatic rings. The summed E-state index contributed by atoms with van der Waals surface area (Å²) in [4.78, 5) is 5.28. The van der Waals surface area contributed by atoms with Gasteiger partial charge in [0.15, 0.2) is 0 Å². The Morgan fingerprint density at radius 1 is 0.394 bits per heavy atom. The first-order chi connectivity index (χ1) is 16.3. The molecule has 0 radical (unpaired) electrons. The maximum absolute atomic E-state index is 2.66. The van der Waals surface area contributed by atoms with Crippen LogP contribution in [-0.2, 0) is 0 Å². The van der Waals surface area contributed by atoms with Crippen molar-refractivity contribution in [3.8, 4) is 0 Å². The van der Waals surface area contributed by atoms with Gasteiger partial charge in [-0.2, -0.15) is 0 Å². The van der Waals surface area contributed by atoms with Crippen LogP contribution >= 0.6 is 0 Å². The predicted molar refractivity (Wildman–Crippen MR) is 150 cm³/mol. The van der Waals surface area contributed by atoms with E-state index in [1.165, 1.54) is 161 Å². The second-order valence-electron chi connectivity index (χ2n) is 10.8. The van der Waals surface area contributed by atoms with E-state index < -0.39 is 0 Å². The van der Waals surface area contributed by atoms with E-state index in [1.807, 2.05) is 0 Å². The molecule has 1 rings (SSSR count). The van der Waals surface area contributed by atoms with E-state index in [4.69, 9.17) is 0 Å². The minimum Gasteiger partial charge on any atom is -0.356 e. The van der Waals surface area contributed by atoms with E-state index in [2.05, 4.69) is 43.0 Å². The third-order valence-corrected chi connectivity index (χ3v) is 7.53. The summed E-state index contributed by atoms with van der Waals surface area (Å²) in [7, 11) is 0. The highest BCUT2D eigenvalue weighted by Crippen LogP contribution is 2.23. The van der Waals surface area contributed by atoms with Crippen LogP contribution in [0.5, 0.6) is 0 Å². The quantitative estimate of drug-likeness (QED) is 0.124. The molecule has 0 saturated carbocycles. The smallest absolute Gasteiger partial charge is 0.101 e. The maximum atomic E-state index is 2.66. The zero-order valence-electron chi connectivity index (χ0n) is 23.3. The lowest BCUT2D eigenvalue weighted by Gasteiger charge is -2.33. The molecule has 0 aromatic carbocycles. The fourth-order valence-electron chi connectivity index (χ4n) is 5.37. The Kier molecular flexibility index (Phi) is 21.3. The molecule has 0 N–H and O–H groups in total. The summed E-state index contributed by atoms with van der Waals surface area (Å²) in [6.45, 7) is 9.40. The highest BCUT2D eigenvalue weighted by atomic mass is 15.4. The van der Waals surface area contributed by atoms with Crippen molar-refractivity contribution in [3.05, 3.63) is 12.4 Å². The maximum Gasteiger partial charge on any atom is 0.101 e. The summed E-state index contributed by atoms with van der Waals surface area (Å²) in [5.74, 6) is 0. The van der Waals surface area contributed by atoms with Crippen LogP contribution in [0.4, 0.5) is 0 Å². The van der Waals surface area contributed by atoms with Crippen LogP contribution in [0.3, 0.4) is 0 Å². The lowest BCUT2D eigenvalue weighted by atomic mass is 10.0. The van der Waals surface area contributed by atoms with E-state index in [9.17, 15) is 0 Å². The second kappa shape index (κ2) is 23.1. The normalized spacial score (nSPS) is 15.8. The van der Waals surface area contributed by atoms with Crippen LogP contribution in [0.1, 0.15) is 168 Å². The van der Waals surface area contributed by atoms with Crippen LogP contribution in [0, 0.1) is 0 Å². The number of rotatable bonds is 25. The molecule has 0 aromatic heterocycles. The Hall–Kier alpha value is -0.660. The van der Waals surface area contributed by atoms with Crippen molar-refractivity contribution < 1.29 is 0 Å². The average molecular weight is 463 g/mol. The van der Waals surface area contributed by atoms with Crippen LogP contribution in [0.15, 0.2) is 12.4 Å². The highest BCUT2D eigenvalue weighted by Gasteiger charge is 2.24. The molecule has 1 atom stereocenters. The standard InChI is InChI=1S/C31H62N2/c1-4-7-9-11-13-15-16-17-18-19-20-22-24-26-31-32(27-6-3)29-30-33(31)28-25-23-21-14-12-10-8-5-2/h29-31H,4-28H2,1-3H3. The zero-order valence-corrected chi connectivity index (χ0v) is 23.3. The minimum atomic E-state index is 0.641. The lowest BCUT2D eigenvalue weighted by molar-refractivity contribution is 0.137. The first-order valence-corrected chi connectivity index (χ1v) is 15.5. The molecule has 1 aliphatic rings. The molecule has 0 aliphatic carbocycles. The van der Waals surface area contributed by atoms with Crippen LogP contribution in [-0.4, -0.2) is 29.1 Å². The van der Waals surface area contributed by atoms with Gasteiger partial charge in [0, 0.05) is 25.5 Å². The molecule has 1 heterocycles. The summed E-state index contributed by atoms with van der Waals surface area (Å²) >= 11 is 0. The summed E-state index contributed by atoms with van der Waals surface area (Å²) in [5.41, 5.74) is 0. The fourth-order valence-corrected chi connectivity index (χ4v) is 5.37. The Bertz CT molecular complexity index is 419. The number of hydrogen-bond acceptors (Lipinski definition) is 2. The molecule has 1 unspecified atom stereocenters. The van der Waals surface area contributed by atoms with Gasteiger partial charge >= 0.3 is 0 Å². The van der Waals surface area contributed by atoms with Gasteiger partial charge in [0.2, 0.25) is 0 Å². The molecule has 0 fully saturated rings. The average Bonchev–Trinajstić information content (AvgIpc) is 3.20. The van der Waals surface area contributed by atoms with Gasteiger partial charge in [0.25, 0.3) is 0 Å². The van der Waals surface area contributed by atoms with E-state index in [-0.39, 0.29) is 0 Å². The fraction of sp³-hybridized carbons (Fsp3) is 0.935. The van der Waals surface area contributed by atoms with Crippen molar-refractivity contribution in [2.45, 2.75) is 175 Å². The molecule has 196 valence electrons. The summed E-state index contributed by atoms with van der Waals surface area (Å²) in [6.07, 6.45) is 38.2. The van der Waals surface area contributed by atoms with Crippen molar-refractivity contribution in [3.63, 3.8) is 0 Å². The lowest BCUT2D eigenvalue weighted by Crippen LogP contribution is -2.39. The summed E-state index contributed by atoms with van der Waals surface area (Å²) < 4.78 is 0. The third-order valence-electron chi connectivity index (χ3n) is 7.53. The van der Waals surface area contributed by atoms with Gasteiger partial charge in [-0.05, 0) is 25.7 Å². The van der Waals surface area contributed by atoms with Gasteiger partial charge in [-0.1, -0.05) is 143 Å². The van der Waals surface area contributed by atoms with E-state index in [0.717, 1.165) is 0 Å². The Morgan fingerprint density at radius 2 is 0.758 bits per heavy atom. The topological polar surface area (TPSA) is 6.48 Å². The van der Waals surface area contributed by atoms with Gasteiger partial charge < -0.3 is 9.80 Å². The van der Waals surface area contributed by atoms with Crippen LogP contribution in [0.2, 0.25) is 0 Å². The molecular formula is C31H62N2. The summed E-state index contributed by atoms with van der Waals surface area (Å²) in [5, 5.41) is 0. The molecule has 0 spiro atoms. The second-order valence-corrected chi connectivity index (χ2v) is 10.8. The molecule has 33 heavy (non-hydrogen) atoms. The largest absolute Gasteiger partial charge is 0.356 e. The Labute approximate surface area is 210 Å². The monoisotopic (exact) mass is 462 g/mol. The molecule has 1 aliphatic heterocycles. The Balaban J connectivity index is 2.05. The minimum absolute atomic E-state index is 0.641. The zero-order chi connectivity index (χ0) is 23.8. The van der Waals surface area contributed by atoms with Crippen molar-refractivity contribution in [1.82, 2.24) is 9.80 Å². The van der Waals surface area contributed by atoms with Gasteiger partial charge in [-0.3, -0.25) is 0 Å². The van der Waals surface area contributed by atoms with Gasteiger partial charge in [0.05, 0.1) is 0 Å². The third kappa shape index (κ3) is 16.6. The summed E-state index contributed by atoms with van der Waals surface area (Å²) in [6, 6.07) is 0. The Morgan fingerprint density at radius 3 is 1.18 bits per heavy atom. The van der Waals surface area contributed by atoms with Crippen molar-refractivity contribution in [1.29, 1.82) is 0 Å². The number of unbranched alkanes of at least 4 members (excludes halogenated alkanes) is 19. The molecule has 2 nitrogen and oxygen atoms in total. The SMILES string of the molecule is CCCCCCCCCCCCCCCC1N(CCC)C=CN1CCCCCCCCCC. The molecule has 2 heteroatoms. The van der Waals surface area contributed by atoms with Crippen LogP contribution in [0.25, 0.3) is 0 Å². The molecule has 0 amide bonds. The predicted octanol–water partition coefficient (Wildman–Crippen LogP) is 10.4. The van der Waals surface area contributed by atoms with Crippen molar-refractivity contribution in [2.24, 2.45) is 0 Å². The highest BCUT2D eigenvalue weighted by molar-refractivity contribution is 4.96. The van der Waals surface area contributed by atoms with Crippen molar-refractivity contribution in [2.75, 3.05) is 13.1 Å². The van der Waals surface area contributed by atoms with Crippen molar-refractivity contribution >= 4 is 0 Å². The van der Waals surface area contributed by atoms with E-state index in [0.29, 0.717) is 6.17 Å². The van der Waals surface area contributed by atoms with Gasteiger partial charge in [-0.25, -0.2) is 0 Å². The van der Waals surface area contributed by atoms with Gasteiger partial charge in [0.1, 0.15) is 6.17 Å². The molecule has 0 bridgehead atoms. The number of nitrogens with zero attached hydrogens (tertiary/aromatic N) is 2. The van der Waals surface area contributed by atoms with E-state index >= 15 is 0 Å². The first kappa shape index (κ1) is 30.4. The molecular weight excluding hydrogens is 400 g/mol.